The quantitative estimate of drug-likeness (QED) is 0.733. The lowest BCUT2D eigenvalue weighted by Gasteiger charge is -2.24. The predicted octanol–water partition coefficient (Wildman–Crippen LogP) is 1.74. The van der Waals surface area contributed by atoms with Gasteiger partial charge in [-0.1, -0.05) is 12.1 Å². The molecule has 1 aromatic carbocycles. The first kappa shape index (κ1) is 19.9. The molecule has 3 aliphatic rings. The van der Waals surface area contributed by atoms with Gasteiger partial charge in [0.25, 0.3) is 5.91 Å². The Labute approximate surface area is 174 Å². The Morgan fingerprint density at radius 2 is 2.17 bits per heavy atom. The summed E-state index contributed by atoms with van der Waals surface area (Å²) >= 11 is 0. The number of hydrogen-bond donors (Lipinski definition) is 2. The van der Waals surface area contributed by atoms with Gasteiger partial charge in [-0.15, -0.1) is 6.58 Å². The Morgan fingerprint density at radius 1 is 1.37 bits per heavy atom. The van der Waals surface area contributed by atoms with Gasteiger partial charge < -0.3 is 20.3 Å². The van der Waals surface area contributed by atoms with Crippen molar-refractivity contribution in [3.63, 3.8) is 0 Å². The summed E-state index contributed by atoms with van der Waals surface area (Å²) in [5, 5.41) is 5.16. The first-order chi connectivity index (χ1) is 14.4. The largest absolute Gasteiger partial charge is 0.427 e. The molecule has 1 aliphatic carbocycles. The molecular weight excluding hydrogens is 388 g/mol. The van der Waals surface area contributed by atoms with Crippen LogP contribution in [0.1, 0.15) is 30.4 Å². The number of fused-ring (bicyclic) bond motifs is 2. The van der Waals surface area contributed by atoms with E-state index in [-0.39, 0.29) is 24.5 Å². The van der Waals surface area contributed by atoms with Gasteiger partial charge in [0.2, 0.25) is 11.5 Å². The van der Waals surface area contributed by atoms with E-state index in [1.54, 1.807) is 29.2 Å². The Hall–Kier alpha value is -3.36. The Bertz CT molecular complexity index is 945. The van der Waals surface area contributed by atoms with E-state index in [9.17, 15) is 19.2 Å². The van der Waals surface area contributed by atoms with Gasteiger partial charge in [-0.25, -0.2) is 14.5 Å². The molecule has 9 nitrogen and oxygen atoms in total. The van der Waals surface area contributed by atoms with Crippen molar-refractivity contribution in [2.24, 2.45) is 0 Å². The lowest BCUT2D eigenvalue weighted by Crippen LogP contribution is -2.45. The van der Waals surface area contributed by atoms with Gasteiger partial charge in [-0.2, -0.15) is 0 Å². The maximum absolute atomic E-state index is 13.2. The molecule has 0 bridgehead atoms. The van der Waals surface area contributed by atoms with Crippen LogP contribution < -0.4 is 10.6 Å². The smallest absolute Gasteiger partial charge is 0.418 e. The summed E-state index contributed by atoms with van der Waals surface area (Å²) in [4.78, 5) is 52.6. The number of rotatable bonds is 4. The number of hydrogen-bond acceptors (Lipinski definition) is 5. The van der Waals surface area contributed by atoms with Crippen LogP contribution in [0.25, 0.3) is 0 Å². The fourth-order valence-electron chi connectivity index (χ4n) is 4.50. The van der Waals surface area contributed by atoms with E-state index >= 15 is 0 Å². The molecule has 2 heterocycles. The zero-order valence-corrected chi connectivity index (χ0v) is 16.8. The third-order valence-electron chi connectivity index (χ3n) is 6.03. The number of aryl methyl sites for hydroxylation is 1. The van der Waals surface area contributed by atoms with Crippen LogP contribution in [0.15, 0.2) is 30.9 Å². The Kier molecular flexibility index (Phi) is 4.97. The third-order valence-corrected chi connectivity index (χ3v) is 6.03. The topological polar surface area (TPSA) is 108 Å². The van der Waals surface area contributed by atoms with E-state index in [4.69, 9.17) is 4.74 Å². The van der Waals surface area contributed by atoms with E-state index in [0.29, 0.717) is 30.6 Å². The van der Waals surface area contributed by atoms with Crippen molar-refractivity contribution in [1.29, 1.82) is 0 Å². The standard InChI is InChI=1S/C21H24N4O5/c1-3-15-5-4-10-24(15)17(26)12-25-18(27)21(30-20(25)29)9-8-13-11-14(6-7-16(13)21)23-19(28)22-2/h3,6-7,11,15H,1,4-5,8-10,12H2,2H3,(H2,22,23,28)/t15-,21+/m0/s1. The van der Waals surface area contributed by atoms with Gasteiger partial charge in [-0.3, -0.25) is 9.59 Å². The number of nitrogens with one attached hydrogen (secondary N) is 2. The highest BCUT2D eigenvalue weighted by molar-refractivity contribution is 6.06. The molecule has 0 unspecified atom stereocenters. The van der Waals surface area contributed by atoms with Crippen LogP contribution in [0.4, 0.5) is 15.3 Å². The zero-order chi connectivity index (χ0) is 21.5. The number of carbonyl (C=O) groups is 4. The first-order valence-corrected chi connectivity index (χ1v) is 9.98. The molecule has 30 heavy (non-hydrogen) atoms. The van der Waals surface area contributed by atoms with Crippen molar-refractivity contribution in [3.8, 4) is 0 Å². The van der Waals surface area contributed by atoms with Crippen molar-refractivity contribution in [3.05, 3.63) is 42.0 Å². The van der Waals surface area contributed by atoms with E-state index < -0.39 is 17.6 Å². The lowest BCUT2D eigenvalue weighted by molar-refractivity contribution is -0.142. The summed E-state index contributed by atoms with van der Waals surface area (Å²) in [6, 6.07) is 4.70. The number of likely N-dealkylation sites (tertiary alicyclic amines) is 1. The molecule has 0 aromatic heterocycles. The summed E-state index contributed by atoms with van der Waals surface area (Å²) in [7, 11) is 1.52. The maximum atomic E-state index is 13.2. The van der Waals surface area contributed by atoms with Crippen LogP contribution in [0, 0.1) is 0 Å². The molecule has 2 N–H and O–H groups in total. The van der Waals surface area contributed by atoms with Crippen molar-refractivity contribution in [2.45, 2.75) is 37.3 Å². The minimum atomic E-state index is -1.40. The molecule has 2 fully saturated rings. The van der Waals surface area contributed by atoms with Crippen LogP contribution in [-0.4, -0.2) is 59.9 Å². The van der Waals surface area contributed by atoms with Gasteiger partial charge in [0.1, 0.15) is 6.54 Å². The van der Waals surface area contributed by atoms with Crippen LogP contribution in [0.5, 0.6) is 0 Å². The minimum Gasteiger partial charge on any atom is -0.427 e. The fraction of sp³-hybridized carbons (Fsp3) is 0.429. The van der Waals surface area contributed by atoms with Crippen molar-refractivity contribution in [2.75, 3.05) is 25.5 Å². The summed E-state index contributed by atoms with van der Waals surface area (Å²) < 4.78 is 5.57. The monoisotopic (exact) mass is 412 g/mol. The molecule has 158 valence electrons. The molecule has 0 radical (unpaired) electrons. The second-order valence-electron chi connectivity index (χ2n) is 7.69. The number of imide groups is 1. The van der Waals surface area contributed by atoms with Gasteiger partial charge in [0, 0.05) is 37.3 Å². The average Bonchev–Trinajstić information content (AvgIpc) is 3.41. The molecule has 5 amide bonds. The molecule has 0 saturated carbocycles. The number of amides is 5. The van der Waals surface area contributed by atoms with Crippen LogP contribution in [-0.2, 0) is 26.3 Å². The molecule has 1 aromatic rings. The lowest BCUT2D eigenvalue weighted by atomic mass is 9.94. The number of nitrogens with zero attached hydrogens (tertiary/aromatic N) is 2. The van der Waals surface area contributed by atoms with E-state index in [1.807, 2.05) is 0 Å². The van der Waals surface area contributed by atoms with E-state index in [2.05, 4.69) is 17.2 Å². The second kappa shape index (κ2) is 7.47. The second-order valence-corrected chi connectivity index (χ2v) is 7.69. The number of carbonyl (C=O) groups excluding carboxylic acids is 4. The highest BCUT2D eigenvalue weighted by atomic mass is 16.6. The van der Waals surface area contributed by atoms with Crippen LogP contribution in [0.3, 0.4) is 0 Å². The zero-order valence-electron chi connectivity index (χ0n) is 16.8. The molecule has 1 spiro atoms. The van der Waals surface area contributed by atoms with E-state index in [0.717, 1.165) is 23.3 Å². The number of anilines is 1. The molecule has 4 rings (SSSR count). The molecular formula is C21H24N4O5. The van der Waals surface area contributed by atoms with Gasteiger partial charge in [-0.05, 0) is 37.0 Å². The average molecular weight is 412 g/mol. The number of benzene rings is 1. The maximum Gasteiger partial charge on any atom is 0.418 e. The van der Waals surface area contributed by atoms with E-state index in [1.165, 1.54) is 7.05 Å². The Balaban J connectivity index is 1.54. The number of urea groups is 1. The summed E-state index contributed by atoms with van der Waals surface area (Å²) in [5.41, 5.74) is 0.604. The normalized spacial score (nSPS) is 24.8. The highest BCUT2D eigenvalue weighted by Crippen LogP contribution is 2.46. The summed E-state index contributed by atoms with van der Waals surface area (Å²) in [6.45, 7) is 4.00. The molecule has 9 heteroatoms. The van der Waals surface area contributed by atoms with Gasteiger partial charge in [0.15, 0.2) is 0 Å². The molecule has 2 saturated heterocycles. The molecule has 2 atom stereocenters. The highest BCUT2D eigenvalue weighted by Gasteiger charge is 2.58. The molecule has 2 aliphatic heterocycles. The van der Waals surface area contributed by atoms with Crippen molar-refractivity contribution >= 4 is 29.6 Å². The summed E-state index contributed by atoms with van der Waals surface area (Å²) in [6.07, 6.45) is 3.43. The SMILES string of the molecule is C=C[C@H]1CCCN1C(=O)CN1C(=O)O[C@@]2(CCc3cc(NC(=O)NC)ccc32)C1=O. The first-order valence-electron chi connectivity index (χ1n) is 9.98. The Morgan fingerprint density at radius 3 is 2.90 bits per heavy atom. The minimum absolute atomic E-state index is 0.0707. The summed E-state index contributed by atoms with van der Waals surface area (Å²) in [5.74, 6) is -0.802. The fourth-order valence-corrected chi connectivity index (χ4v) is 4.50. The third kappa shape index (κ3) is 3.10. The van der Waals surface area contributed by atoms with Gasteiger partial charge in [0.05, 0.1) is 0 Å². The van der Waals surface area contributed by atoms with Crippen molar-refractivity contribution < 1.29 is 23.9 Å². The van der Waals surface area contributed by atoms with Crippen molar-refractivity contribution in [1.82, 2.24) is 15.1 Å². The van der Waals surface area contributed by atoms with Crippen LogP contribution >= 0.6 is 0 Å². The van der Waals surface area contributed by atoms with Gasteiger partial charge >= 0.3 is 12.1 Å². The number of ether oxygens (including phenoxy) is 1. The van der Waals surface area contributed by atoms with Crippen LogP contribution in [0.2, 0.25) is 0 Å². The predicted molar refractivity (Wildman–Crippen MR) is 108 cm³/mol.